The molecule has 0 aromatic heterocycles. The molecule has 174 valence electrons. The number of phosphoric acid groups is 1. The predicted molar refractivity (Wildman–Crippen MR) is 122 cm³/mol. The number of aryl methyl sites for hydroxylation is 1. The number of phosphoric ester groups is 1. The van der Waals surface area contributed by atoms with E-state index in [1.807, 2.05) is 24.3 Å². The van der Waals surface area contributed by atoms with Crippen molar-refractivity contribution in [1.29, 1.82) is 0 Å². The molecular weight excluding hydrogens is 429 g/mol. The molecule has 32 heavy (non-hydrogen) atoms. The van der Waals surface area contributed by atoms with Gasteiger partial charge in [0.05, 0.1) is 20.3 Å². The van der Waals surface area contributed by atoms with Crippen LogP contribution in [0, 0.1) is 5.92 Å². The number of ether oxygens (including phenoxy) is 2. The average molecular weight is 461 g/mol. The molecule has 4 N–H and O–H groups in total. The van der Waals surface area contributed by atoms with Gasteiger partial charge in [-0.25, -0.2) is 4.57 Å². The summed E-state index contributed by atoms with van der Waals surface area (Å²) in [4.78, 5) is 17.9. The van der Waals surface area contributed by atoms with E-state index in [-0.39, 0.29) is 6.61 Å². The van der Waals surface area contributed by atoms with E-state index in [0.717, 1.165) is 37.2 Å². The summed E-state index contributed by atoms with van der Waals surface area (Å²) in [6.07, 6.45) is 5.37. The summed E-state index contributed by atoms with van der Waals surface area (Å²) in [6, 6.07) is 14.4. The molecule has 2 aliphatic carbocycles. The molecule has 0 amide bonds. The van der Waals surface area contributed by atoms with Gasteiger partial charge in [0, 0.05) is 11.6 Å². The molecule has 1 fully saturated rings. The quantitative estimate of drug-likeness (QED) is 0.511. The number of nitrogens with two attached hydrogens (primary N) is 1. The van der Waals surface area contributed by atoms with Crippen LogP contribution in [0.4, 0.5) is 0 Å². The molecule has 0 unspecified atom stereocenters. The van der Waals surface area contributed by atoms with Gasteiger partial charge in [-0.1, -0.05) is 24.3 Å². The predicted octanol–water partition coefficient (Wildman–Crippen LogP) is 3.95. The smallest absolute Gasteiger partial charge is 0.469 e. The lowest BCUT2D eigenvalue weighted by Gasteiger charge is -2.27. The summed E-state index contributed by atoms with van der Waals surface area (Å²) < 4.78 is 27.0. The highest BCUT2D eigenvalue weighted by molar-refractivity contribution is 7.46. The molecule has 0 saturated heterocycles. The van der Waals surface area contributed by atoms with Crippen LogP contribution in [-0.4, -0.2) is 35.6 Å². The fraction of sp³-hybridized carbons (Fsp3) is 0.500. The highest BCUT2D eigenvalue weighted by Crippen LogP contribution is 2.44. The third-order valence-corrected chi connectivity index (χ3v) is 7.19. The van der Waals surface area contributed by atoms with Gasteiger partial charge in [-0.3, -0.25) is 4.52 Å². The molecule has 3 atom stereocenters. The highest BCUT2D eigenvalue weighted by atomic mass is 31.2. The van der Waals surface area contributed by atoms with Crippen LogP contribution in [0.25, 0.3) is 0 Å². The maximum absolute atomic E-state index is 11.0. The molecular formula is C24H32NO6P. The largest absolute Gasteiger partial charge is 0.497 e. The van der Waals surface area contributed by atoms with Crippen molar-refractivity contribution < 1.29 is 28.3 Å². The molecule has 4 rings (SSSR count). The summed E-state index contributed by atoms with van der Waals surface area (Å²) in [5.41, 5.74) is 9.70. The van der Waals surface area contributed by atoms with Gasteiger partial charge in [0.25, 0.3) is 0 Å². The Labute approximate surface area is 189 Å². The normalized spacial score (nSPS) is 25.4. The van der Waals surface area contributed by atoms with Gasteiger partial charge in [0.1, 0.15) is 11.5 Å². The van der Waals surface area contributed by atoms with Gasteiger partial charge in [-0.15, -0.1) is 0 Å². The molecule has 0 radical (unpaired) electrons. The molecule has 2 aromatic rings. The Kier molecular flexibility index (Phi) is 6.94. The zero-order valence-corrected chi connectivity index (χ0v) is 19.3. The van der Waals surface area contributed by atoms with Crippen LogP contribution in [-0.2, 0) is 21.9 Å². The van der Waals surface area contributed by atoms with Crippen molar-refractivity contribution >= 4 is 7.82 Å². The minimum Gasteiger partial charge on any atom is -0.497 e. The molecule has 0 aliphatic heterocycles. The van der Waals surface area contributed by atoms with E-state index in [0.29, 0.717) is 31.3 Å². The standard InChI is InChI=1S/C24H32NO6P/c1-29-22-3-2-4-23(13-22)30-15-17-5-6-19-12-20(8-7-18(19)11-17)21-9-10-24(25,14-21)16-31-32(26,27)28/h2-4,7-8,12-13,17,21H,5-6,9-11,14-16,25H2,1H3,(H2,26,27,28)/t17-,21+,24+/m1/s1. The van der Waals surface area contributed by atoms with Crippen LogP contribution < -0.4 is 15.2 Å². The Bertz CT molecular complexity index is 992. The van der Waals surface area contributed by atoms with Crippen molar-refractivity contribution in [2.24, 2.45) is 11.7 Å². The van der Waals surface area contributed by atoms with Crippen LogP contribution in [0.2, 0.25) is 0 Å². The van der Waals surface area contributed by atoms with E-state index in [4.69, 9.17) is 29.5 Å². The fourth-order valence-electron chi connectivity index (χ4n) is 4.94. The van der Waals surface area contributed by atoms with Crippen molar-refractivity contribution in [3.05, 3.63) is 59.2 Å². The van der Waals surface area contributed by atoms with Gasteiger partial charge in [0.2, 0.25) is 0 Å². The van der Waals surface area contributed by atoms with Crippen molar-refractivity contribution in [3.8, 4) is 11.5 Å². The molecule has 2 aliphatic rings. The lowest BCUT2D eigenvalue weighted by atomic mass is 9.82. The first-order valence-electron chi connectivity index (χ1n) is 11.1. The van der Waals surface area contributed by atoms with Crippen LogP contribution in [0.1, 0.15) is 48.3 Å². The zero-order valence-electron chi connectivity index (χ0n) is 18.4. The Hall–Kier alpha value is -1.89. The molecule has 0 spiro atoms. The summed E-state index contributed by atoms with van der Waals surface area (Å²) >= 11 is 0. The topological polar surface area (TPSA) is 111 Å². The van der Waals surface area contributed by atoms with E-state index in [1.54, 1.807) is 7.11 Å². The van der Waals surface area contributed by atoms with Gasteiger partial charge >= 0.3 is 7.82 Å². The minimum absolute atomic E-state index is 0.117. The zero-order chi connectivity index (χ0) is 22.8. The first-order valence-corrected chi connectivity index (χ1v) is 12.6. The second-order valence-corrected chi connectivity index (χ2v) is 10.4. The van der Waals surface area contributed by atoms with Crippen molar-refractivity contribution in [1.82, 2.24) is 0 Å². The number of fused-ring (bicyclic) bond motifs is 1. The monoisotopic (exact) mass is 461 g/mol. The first kappa shape index (κ1) is 23.3. The van der Waals surface area contributed by atoms with Gasteiger partial charge in [0.15, 0.2) is 0 Å². The minimum atomic E-state index is -4.50. The first-order chi connectivity index (χ1) is 15.2. The second kappa shape index (κ2) is 9.54. The van der Waals surface area contributed by atoms with Crippen molar-refractivity contribution in [3.63, 3.8) is 0 Å². The Balaban J connectivity index is 1.34. The molecule has 0 bridgehead atoms. The van der Waals surface area contributed by atoms with E-state index in [1.165, 1.54) is 16.7 Å². The molecule has 8 heteroatoms. The van der Waals surface area contributed by atoms with E-state index < -0.39 is 13.4 Å². The van der Waals surface area contributed by atoms with E-state index >= 15 is 0 Å². The SMILES string of the molecule is COc1cccc(OC[C@@H]2CCc3cc([C@H]4CC[C@@](N)(COP(=O)(O)O)C4)ccc3C2)c1. The second-order valence-electron chi connectivity index (χ2n) is 9.19. The molecule has 0 heterocycles. The summed E-state index contributed by atoms with van der Waals surface area (Å²) in [6.45, 7) is 0.569. The maximum Gasteiger partial charge on any atom is 0.469 e. The van der Waals surface area contributed by atoms with Crippen LogP contribution in [0.5, 0.6) is 11.5 Å². The summed E-state index contributed by atoms with van der Waals surface area (Å²) in [5, 5.41) is 0. The van der Waals surface area contributed by atoms with E-state index in [9.17, 15) is 4.57 Å². The van der Waals surface area contributed by atoms with Gasteiger partial charge in [-0.2, -0.15) is 0 Å². The third kappa shape index (κ3) is 5.91. The third-order valence-electron chi connectivity index (χ3n) is 6.72. The summed E-state index contributed by atoms with van der Waals surface area (Å²) in [7, 11) is -2.85. The number of rotatable bonds is 8. The van der Waals surface area contributed by atoms with Gasteiger partial charge < -0.3 is 25.0 Å². The van der Waals surface area contributed by atoms with Crippen LogP contribution in [0.15, 0.2) is 42.5 Å². The Morgan fingerprint density at radius 2 is 1.94 bits per heavy atom. The fourth-order valence-corrected chi connectivity index (χ4v) is 5.36. The number of hydrogen-bond donors (Lipinski definition) is 3. The van der Waals surface area contributed by atoms with Crippen LogP contribution >= 0.6 is 7.82 Å². The molecule has 1 saturated carbocycles. The number of methoxy groups -OCH3 is 1. The maximum atomic E-state index is 11.0. The molecule has 2 aromatic carbocycles. The van der Waals surface area contributed by atoms with Gasteiger partial charge in [-0.05, 0) is 79.2 Å². The number of hydrogen-bond acceptors (Lipinski definition) is 5. The average Bonchev–Trinajstić information content (AvgIpc) is 3.18. The highest BCUT2D eigenvalue weighted by Gasteiger charge is 2.38. The van der Waals surface area contributed by atoms with Crippen LogP contribution in [0.3, 0.4) is 0 Å². The van der Waals surface area contributed by atoms with E-state index in [2.05, 4.69) is 18.2 Å². The lowest BCUT2D eigenvalue weighted by molar-refractivity contribution is 0.153. The summed E-state index contributed by atoms with van der Waals surface area (Å²) in [5.74, 6) is 2.40. The molecule has 7 nitrogen and oxygen atoms in total. The number of benzene rings is 2. The Morgan fingerprint density at radius 3 is 2.72 bits per heavy atom. The van der Waals surface area contributed by atoms with Crippen molar-refractivity contribution in [2.75, 3.05) is 20.3 Å². The van der Waals surface area contributed by atoms with Crippen molar-refractivity contribution in [2.45, 2.75) is 50.0 Å². The lowest BCUT2D eigenvalue weighted by Crippen LogP contribution is -2.41. The Morgan fingerprint density at radius 1 is 1.12 bits per heavy atom.